The molecule has 0 aliphatic heterocycles. The van der Waals surface area contributed by atoms with Crippen LogP contribution in [0.25, 0.3) is 0 Å². The van der Waals surface area contributed by atoms with Crippen LogP contribution in [0.15, 0.2) is 42.6 Å². The first-order valence-electron chi connectivity index (χ1n) is 6.47. The number of nitrogens with zero attached hydrogens (tertiary/aromatic N) is 1. The number of rotatable bonds is 4. The van der Waals surface area contributed by atoms with E-state index < -0.39 is 6.10 Å². The van der Waals surface area contributed by atoms with Crippen molar-refractivity contribution < 1.29 is 5.11 Å². The van der Waals surface area contributed by atoms with E-state index >= 15 is 0 Å². The molecule has 0 aliphatic rings. The number of aryl methyl sites for hydroxylation is 2. The Morgan fingerprint density at radius 3 is 2.39 bits per heavy atom. The molecule has 0 fully saturated rings. The maximum Gasteiger partial charge on any atom is 0.121 e. The van der Waals surface area contributed by atoms with E-state index in [2.05, 4.69) is 31.0 Å². The van der Waals surface area contributed by atoms with Gasteiger partial charge in [-0.15, -0.1) is 0 Å². The normalized spacial score (nSPS) is 12.4. The van der Waals surface area contributed by atoms with Crippen LogP contribution in [0, 0.1) is 0 Å². The van der Waals surface area contributed by atoms with Crippen molar-refractivity contribution in [1.82, 2.24) is 4.98 Å². The second-order valence-corrected chi connectivity index (χ2v) is 4.40. The van der Waals surface area contributed by atoms with Gasteiger partial charge in [0.1, 0.15) is 6.10 Å². The van der Waals surface area contributed by atoms with Crippen LogP contribution in [0.1, 0.15) is 42.3 Å². The van der Waals surface area contributed by atoms with Crippen molar-refractivity contribution in [2.75, 3.05) is 0 Å². The molecule has 0 saturated carbocycles. The third kappa shape index (κ3) is 2.59. The maximum absolute atomic E-state index is 10.4. The Kier molecular flexibility index (Phi) is 4.11. The highest BCUT2D eigenvalue weighted by molar-refractivity contribution is 5.32. The molecule has 1 atom stereocenters. The number of pyridine rings is 1. The average Bonchev–Trinajstić information content (AvgIpc) is 2.46. The second-order valence-electron chi connectivity index (χ2n) is 4.40. The van der Waals surface area contributed by atoms with E-state index in [-0.39, 0.29) is 0 Å². The zero-order valence-corrected chi connectivity index (χ0v) is 10.9. The minimum absolute atomic E-state index is 0.632. The number of aliphatic hydroxyl groups excluding tert-OH is 1. The van der Waals surface area contributed by atoms with E-state index in [9.17, 15) is 5.11 Å². The van der Waals surface area contributed by atoms with Crippen LogP contribution < -0.4 is 0 Å². The minimum Gasteiger partial charge on any atom is -0.382 e. The van der Waals surface area contributed by atoms with Crippen molar-refractivity contribution in [3.05, 3.63) is 65.0 Å². The smallest absolute Gasteiger partial charge is 0.121 e. The molecule has 2 heteroatoms. The van der Waals surface area contributed by atoms with Crippen LogP contribution >= 0.6 is 0 Å². The lowest BCUT2D eigenvalue weighted by Gasteiger charge is -2.14. The Morgan fingerprint density at radius 2 is 1.78 bits per heavy atom. The standard InChI is InChI=1S/C16H19NO/c1-3-12-7-9-14(10-8-12)16(18)15-13(4-2)6-5-11-17-15/h5-11,16,18H,3-4H2,1-2H3. The second kappa shape index (κ2) is 5.78. The van der Waals surface area contributed by atoms with Crippen molar-refractivity contribution in [3.63, 3.8) is 0 Å². The van der Waals surface area contributed by atoms with Gasteiger partial charge in [-0.05, 0) is 35.6 Å². The molecule has 0 radical (unpaired) electrons. The van der Waals surface area contributed by atoms with Crippen molar-refractivity contribution in [3.8, 4) is 0 Å². The number of benzene rings is 1. The lowest BCUT2D eigenvalue weighted by Crippen LogP contribution is -2.06. The third-order valence-electron chi connectivity index (χ3n) is 3.27. The van der Waals surface area contributed by atoms with Gasteiger partial charge in [0, 0.05) is 6.20 Å². The van der Waals surface area contributed by atoms with Gasteiger partial charge in [-0.2, -0.15) is 0 Å². The zero-order valence-electron chi connectivity index (χ0n) is 10.9. The van der Waals surface area contributed by atoms with Gasteiger partial charge < -0.3 is 5.11 Å². The van der Waals surface area contributed by atoms with Gasteiger partial charge in [0.05, 0.1) is 5.69 Å². The highest BCUT2D eigenvalue weighted by Gasteiger charge is 2.14. The first kappa shape index (κ1) is 12.8. The molecular formula is C16H19NO. The molecule has 0 aliphatic carbocycles. The predicted molar refractivity (Wildman–Crippen MR) is 73.5 cm³/mol. The molecule has 2 aromatic rings. The summed E-state index contributed by atoms with van der Waals surface area (Å²) in [5.74, 6) is 0. The summed E-state index contributed by atoms with van der Waals surface area (Å²) in [5, 5.41) is 10.4. The maximum atomic E-state index is 10.4. The first-order chi connectivity index (χ1) is 8.76. The number of aliphatic hydroxyl groups is 1. The summed E-state index contributed by atoms with van der Waals surface area (Å²) >= 11 is 0. The summed E-state index contributed by atoms with van der Waals surface area (Å²) in [6, 6.07) is 12.0. The number of hydrogen-bond acceptors (Lipinski definition) is 2. The summed E-state index contributed by atoms with van der Waals surface area (Å²) in [5.41, 5.74) is 4.05. The van der Waals surface area contributed by atoms with Crippen LogP contribution in [-0.2, 0) is 12.8 Å². The summed E-state index contributed by atoms with van der Waals surface area (Å²) in [4.78, 5) is 4.32. The molecule has 0 amide bonds. The molecule has 1 N–H and O–H groups in total. The third-order valence-corrected chi connectivity index (χ3v) is 3.27. The number of hydrogen-bond donors (Lipinski definition) is 1. The Labute approximate surface area is 108 Å². The summed E-state index contributed by atoms with van der Waals surface area (Å²) in [6.07, 6.45) is 3.00. The van der Waals surface area contributed by atoms with Gasteiger partial charge in [0.2, 0.25) is 0 Å². The molecule has 1 aromatic carbocycles. The molecule has 2 nitrogen and oxygen atoms in total. The van der Waals surface area contributed by atoms with Crippen LogP contribution in [0.5, 0.6) is 0 Å². The van der Waals surface area contributed by atoms with Crippen LogP contribution in [-0.4, -0.2) is 10.1 Å². The van der Waals surface area contributed by atoms with Gasteiger partial charge in [-0.1, -0.05) is 44.2 Å². The lowest BCUT2D eigenvalue weighted by atomic mass is 9.99. The largest absolute Gasteiger partial charge is 0.382 e. The molecule has 1 unspecified atom stereocenters. The topological polar surface area (TPSA) is 33.1 Å². The van der Waals surface area contributed by atoms with Crippen molar-refractivity contribution in [2.24, 2.45) is 0 Å². The molecule has 1 aromatic heterocycles. The highest BCUT2D eigenvalue weighted by atomic mass is 16.3. The van der Waals surface area contributed by atoms with Gasteiger partial charge in [0.25, 0.3) is 0 Å². The van der Waals surface area contributed by atoms with Gasteiger partial charge in [0.15, 0.2) is 0 Å². The first-order valence-corrected chi connectivity index (χ1v) is 6.47. The Hall–Kier alpha value is -1.67. The molecule has 18 heavy (non-hydrogen) atoms. The molecule has 0 saturated heterocycles. The lowest BCUT2D eigenvalue weighted by molar-refractivity contribution is 0.214. The van der Waals surface area contributed by atoms with E-state index in [1.807, 2.05) is 24.3 Å². The monoisotopic (exact) mass is 241 g/mol. The molecule has 1 heterocycles. The summed E-state index contributed by atoms with van der Waals surface area (Å²) in [6.45, 7) is 4.20. The van der Waals surface area contributed by atoms with Crippen LogP contribution in [0.3, 0.4) is 0 Å². The fraction of sp³-hybridized carbons (Fsp3) is 0.312. The Bertz CT molecular complexity index is 505. The van der Waals surface area contributed by atoms with Crippen molar-refractivity contribution >= 4 is 0 Å². The van der Waals surface area contributed by atoms with E-state index in [0.29, 0.717) is 0 Å². The number of aromatic nitrogens is 1. The Balaban J connectivity index is 2.31. The van der Waals surface area contributed by atoms with E-state index in [1.54, 1.807) is 6.20 Å². The van der Waals surface area contributed by atoms with Gasteiger partial charge in [-0.3, -0.25) is 4.98 Å². The van der Waals surface area contributed by atoms with E-state index in [4.69, 9.17) is 0 Å². The van der Waals surface area contributed by atoms with Crippen molar-refractivity contribution in [1.29, 1.82) is 0 Å². The zero-order chi connectivity index (χ0) is 13.0. The fourth-order valence-electron chi connectivity index (χ4n) is 2.09. The molecule has 2 rings (SSSR count). The predicted octanol–water partition coefficient (Wildman–Crippen LogP) is 3.29. The quantitative estimate of drug-likeness (QED) is 0.891. The SMILES string of the molecule is CCc1ccc(C(O)c2ncccc2CC)cc1. The van der Waals surface area contributed by atoms with Crippen LogP contribution in [0.4, 0.5) is 0 Å². The summed E-state index contributed by atoms with van der Waals surface area (Å²) in [7, 11) is 0. The fourth-order valence-corrected chi connectivity index (χ4v) is 2.09. The van der Waals surface area contributed by atoms with E-state index in [1.165, 1.54) is 5.56 Å². The average molecular weight is 241 g/mol. The molecule has 0 bridgehead atoms. The van der Waals surface area contributed by atoms with Crippen molar-refractivity contribution in [2.45, 2.75) is 32.8 Å². The van der Waals surface area contributed by atoms with Crippen LogP contribution in [0.2, 0.25) is 0 Å². The summed E-state index contributed by atoms with van der Waals surface area (Å²) < 4.78 is 0. The Morgan fingerprint density at radius 1 is 1.06 bits per heavy atom. The van der Waals surface area contributed by atoms with E-state index in [0.717, 1.165) is 29.7 Å². The molecule has 94 valence electrons. The molecule has 0 spiro atoms. The van der Waals surface area contributed by atoms with Gasteiger partial charge in [-0.25, -0.2) is 0 Å². The highest BCUT2D eigenvalue weighted by Crippen LogP contribution is 2.23. The molecular weight excluding hydrogens is 222 g/mol. The van der Waals surface area contributed by atoms with Gasteiger partial charge >= 0.3 is 0 Å². The minimum atomic E-state index is -0.632.